The molecular formula is C18H17Cl2F6N5O. The van der Waals surface area contributed by atoms with E-state index in [0.29, 0.717) is 12.8 Å². The maximum atomic E-state index is 13.7. The Balaban J connectivity index is 2.98. The second-order valence-electron chi connectivity index (χ2n) is 6.52. The van der Waals surface area contributed by atoms with Gasteiger partial charge in [-0.1, -0.05) is 42.6 Å². The molecule has 32 heavy (non-hydrogen) atoms. The van der Waals surface area contributed by atoms with Crippen molar-refractivity contribution in [2.24, 2.45) is 0 Å². The van der Waals surface area contributed by atoms with Crippen molar-refractivity contribution >= 4 is 51.7 Å². The van der Waals surface area contributed by atoms with Gasteiger partial charge in [0.1, 0.15) is 5.82 Å². The Morgan fingerprint density at radius 2 is 1.75 bits per heavy atom. The van der Waals surface area contributed by atoms with E-state index in [1.807, 2.05) is 0 Å². The van der Waals surface area contributed by atoms with Crippen molar-refractivity contribution in [2.45, 2.75) is 52.4 Å². The van der Waals surface area contributed by atoms with Crippen LogP contribution in [0.4, 0.5) is 32.2 Å². The van der Waals surface area contributed by atoms with E-state index in [-0.39, 0.29) is 22.2 Å². The smallest absolute Gasteiger partial charge is 0.310 e. The summed E-state index contributed by atoms with van der Waals surface area (Å²) in [6.07, 6.45) is -8.26. The molecule has 176 valence electrons. The zero-order valence-electron chi connectivity index (χ0n) is 16.9. The summed E-state index contributed by atoms with van der Waals surface area (Å²) in [7, 11) is 0. The Hall–Kier alpha value is -2.34. The number of halogens is 8. The van der Waals surface area contributed by atoms with Crippen molar-refractivity contribution < 1.29 is 31.1 Å². The average Bonchev–Trinajstić information content (AvgIpc) is 3.01. The maximum absolute atomic E-state index is 13.7. The third kappa shape index (κ3) is 5.52. The van der Waals surface area contributed by atoms with Gasteiger partial charge in [-0.05, 0) is 20.3 Å². The first-order chi connectivity index (χ1) is 14.7. The molecule has 6 nitrogen and oxygen atoms in total. The minimum Gasteiger partial charge on any atom is -0.310 e. The predicted octanol–water partition coefficient (Wildman–Crippen LogP) is 6.56. The van der Waals surface area contributed by atoms with Crippen molar-refractivity contribution in [3.8, 4) is 0 Å². The summed E-state index contributed by atoms with van der Waals surface area (Å²) in [5.74, 6) is -3.32. The van der Waals surface area contributed by atoms with E-state index in [2.05, 4.69) is 20.4 Å². The van der Waals surface area contributed by atoms with Crippen LogP contribution in [-0.4, -0.2) is 25.7 Å². The molecule has 0 spiro atoms. The van der Waals surface area contributed by atoms with Crippen LogP contribution in [0.1, 0.15) is 51.6 Å². The molecule has 0 aliphatic heterocycles. The molecular weight excluding hydrogens is 487 g/mol. The van der Waals surface area contributed by atoms with Crippen LogP contribution in [0.5, 0.6) is 0 Å². The summed E-state index contributed by atoms with van der Waals surface area (Å²) in [5.41, 5.74) is -3.00. The number of nitrogens with one attached hydrogen (secondary N) is 1. The highest BCUT2D eigenvalue weighted by Gasteiger charge is 2.43. The number of aromatic nitrogens is 4. The van der Waals surface area contributed by atoms with Gasteiger partial charge < -0.3 is 5.32 Å². The lowest BCUT2D eigenvalue weighted by Crippen LogP contribution is -2.19. The number of fused-ring (bicyclic) bond motifs is 1. The molecule has 14 heteroatoms. The van der Waals surface area contributed by atoms with Crippen LogP contribution in [0.3, 0.4) is 0 Å². The number of hydrogen-bond donors (Lipinski definition) is 1. The Bertz CT molecular complexity index is 1080. The van der Waals surface area contributed by atoms with Gasteiger partial charge in [-0.15, -0.1) is 5.10 Å². The van der Waals surface area contributed by atoms with E-state index >= 15 is 0 Å². The third-order valence-electron chi connectivity index (χ3n) is 4.09. The number of alkyl halides is 6. The lowest BCUT2D eigenvalue weighted by atomic mass is 10.2. The normalized spacial score (nSPS) is 14.0. The molecule has 2 heterocycles. The van der Waals surface area contributed by atoms with Gasteiger partial charge in [0.15, 0.2) is 11.3 Å². The Kier molecular flexibility index (Phi) is 7.82. The molecule has 2 aromatic heterocycles. The number of anilines is 1. The van der Waals surface area contributed by atoms with Crippen LogP contribution >= 0.6 is 23.2 Å². The molecule has 2 aromatic rings. The molecule has 1 amide bonds. The molecule has 0 aromatic carbocycles. The van der Waals surface area contributed by atoms with Gasteiger partial charge >= 0.3 is 12.4 Å². The van der Waals surface area contributed by atoms with E-state index < -0.39 is 46.6 Å². The molecule has 0 saturated heterocycles. The SMILES string of the molecule is CC=C(Cl)C(=C(C)Cl)n1nc2nc(C(F)(F)F)nc(C(F)(F)F)c2c1NC(=O)CCCC. The van der Waals surface area contributed by atoms with Gasteiger partial charge in [0.2, 0.25) is 11.7 Å². The van der Waals surface area contributed by atoms with Crippen molar-refractivity contribution in [3.05, 3.63) is 27.7 Å². The summed E-state index contributed by atoms with van der Waals surface area (Å²) in [5, 5.41) is 4.99. The Morgan fingerprint density at radius 1 is 1.12 bits per heavy atom. The standard InChI is InChI=1S/C18H17Cl2F6N5O/c1-4-6-7-10(32)27-15-11-13(17(21,22)23)28-16(18(24,25)26)29-14(11)30-31(15)12(8(3)19)9(20)5-2/h5H,4,6-7H2,1-3H3,(H,27,32). The highest BCUT2D eigenvalue weighted by molar-refractivity contribution is 6.40. The van der Waals surface area contributed by atoms with Crippen LogP contribution in [0, 0.1) is 0 Å². The highest BCUT2D eigenvalue weighted by atomic mass is 35.5. The van der Waals surface area contributed by atoms with E-state index in [1.54, 1.807) is 6.92 Å². The maximum Gasteiger partial charge on any atom is 0.451 e. The molecule has 0 saturated carbocycles. The van der Waals surface area contributed by atoms with Crippen LogP contribution in [-0.2, 0) is 17.1 Å². The van der Waals surface area contributed by atoms with E-state index in [4.69, 9.17) is 23.2 Å². The molecule has 2 rings (SSSR count). The number of rotatable bonds is 6. The number of carbonyl (C=O) groups is 1. The quantitative estimate of drug-likeness (QED) is 0.357. The number of carbonyl (C=O) groups excluding carboxylic acids is 1. The fourth-order valence-electron chi connectivity index (χ4n) is 2.68. The molecule has 0 bridgehead atoms. The molecule has 1 N–H and O–H groups in total. The topological polar surface area (TPSA) is 72.7 Å². The number of allylic oxidation sites excluding steroid dienone is 4. The number of amides is 1. The first kappa shape index (κ1) is 25.9. The zero-order chi connectivity index (χ0) is 24.4. The highest BCUT2D eigenvalue weighted by Crippen LogP contribution is 2.41. The summed E-state index contributed by atoms with van der Waals surface area (Å²) in [6.45, 7) is 4.63. The molecule has 0 fully saturated rings. The zero-order valence-corrected chi connectivity index (χ0v) is 18.4. The van der Waals surface area contributed by atoms with E-state index in [1.165, 1.54) is 19.9 Å². The van der Waals surface area contributed by atoms with Crippen LogP contribution < -0.4 is 5.32 Å². The number of unbranched alkanes of at least 4 members (excludes halogenated alkanes) is 1. The third-order valence-corrected chi connectivity index (χ3v) is 4.66. The lowest BCUT2D eigenvalue weighted by Gasteiger charge is -2.14. The minimum absolute atomic E-state index is 0.0532. The molecule has 0 aliphatic rings. The molecule has 0 atom stereocenters. The largest absolute Gasteiger partial charge is 0.451 e. The fourth-order valence-corrected chi connectivity index (χ4v) is 3.13. The van der Waals surface area contributed by atoms with Crippen LogP contribution in [0.2, 0.25) is 0 Å². The summed E-state index contributed by atoms with van der Waals surface area (Å²) >= 11 is 12.2. The van der Waals surface area contributed by atoms with Gasteiger partial charge in [0, 0.05) is 11.5 Å². The van der Waals surface area contributed by atoms with Gasteiger partial charge in [-0.3, -0.25) is 4.79 Å². The van der Waals surface area contributed by atoms with E-state index in [0.717, 1.165) is 4.68 Å². The number of nitrogens with zero attached hydrogens (tertiary/aromatic N) is 4. The van der Waals surface area contributed by atoms with Crippen molar-refractivity contribution in [2.75, 3.05) is 5.32 Å². The van der Waals surface area contributed by atoms with E-state index in [9.17, 15) is 31.1 Å². The van der Waals surface area contributed by atoms with Crippen molar-refractivity contribution in [1.82, 2.24) is 19.7 Å². The predicted molar refractivity (Wildman–Crippen MR) is 108 cm³/mol. The van der Waals surface area contributed by atoms with Crippen molar-refractivity contribution in [3.63, 3.8) is 0 Å². The second-order valence-corrected chi connectivity index (χ2v) is 7.49. The summed E-state index contributed by atoms with van der Waals surface area (Å²) in [6, 6.07) is 0. The molecule has 0 unspecified atom stereocenters. The number of hydrogen-bond acceptors (Lipinski definition) is 4. The Morgan fingerprint density at radius 3 is 2.22 bits per heavy atom. The van der Waals surface area contributed by atoms with Gasteiger partial charge in [0.05, 0.1) is 16.1 Å². The monoisotopic (exact) mass is 503 g/mol. The molecule has 0 aliphatic carbocycles. The van der Waals surface area contributed by atoms with Crippen LogP contribution in [0.15, 0.2) is 16.1 Å². The first-order valence-electron chi connectivity index (χ1n) is 9.16. The lowest BCUT2D eigenvalue weighted by molar-refractivity contribution is -0.151. The van der Waals surface area contributed by atoms with Crippen molar-refractivity contribution in [1.29, 1.82) is 0 Å². The fraction of sp³-hybridized carbons (Fsp3) is 0.444. The average molecular weight is 504 g/mol. The van der Waals surface area contributed by atoms with Gasteiger partial charge in [-0.2, -0.15) is 26.3 Å². The first-order valence-corrected chi connectivity index (χ1v) is 9.91. The molecule has 0 radical (unpaired) electrons. The van der Waals surface area contributed by atoms with Crippen LogP contribution in [0.25, 0.3) is 16.7 Å². The van der Waals surface area contributed by atoms with Gasteiger partial charge in [0.25, 0.3) is 0 Å². The Labute approximate surface area is 188 Å². The minimum atomic E-state index is -5.32. The summed E-state index contributed by atoms with van der Waals surface area (Å²) in [4.78, 5) is 18.2. The van der Waals surface area contributed by atoms with Gasteiger partial charge in [-0.25, -0.2) is 14.6 Å². The summed E-state index contributed by atoms with van der Waals surface area (Å²) < 4.78 is 81.3. The second kappa shape index (κ2) is 9.65.